The molecule has 0 aliphatic carbocycles. The number of hydrogen-bond acceptors (Lipinski definition) is 2. The zero-order chi connectivity index (χ0) is 16.9. The molecular weight excluding hydrogens is 307 g/mol. The first-order valence-corrected chi connectivity index (χ1v) is 7.30. The second-order valence-corrected chi connectivity index (χ2v) is 5.28. The van der Waals surface area contributed by atoms with Gasteiger partial charge in [-0.2, -0.15) is 18.3 Å². The molecule has 23 heavy (non-hydrogen) atoms. The lowest BCUT2D eigenvalue weighted by Gasteiger charge is -2.15. The van der Waals surface area contributed by atoms with E-state index in [4.69, 9.17) is 0 Å². The summed E-state index contributed by atoms with van der Waals surface area (Å²) in [5.74, 6) is -0.135. The highest BCUT2D eigenvalue weighted by Gasteiger charge is 2.30. The minimum Gasteiger partial charge on any atom is -0.350 e. The van der Waals surface area contributed by atoms with Gasteiger partial charge in [0.05, 0.1) is 11.6 Å². The van der Waals surface area contributed by atoms with Crippen molar-refractivity contribution in [3.63, 3.8) is 0 Å². The van der Waals surface area contributed by atoms with Gasteiger partial charge in [-0.1, -0.05) is 12.1 Å². The van der Waals surface area contributed by atoms with Crippen LogP contribution in [0.5, 0.6) is 0 Å². The summed E-state index contributed by atoms with van der Waals surface area (Å²) in [7, 11) is 0. The first kappa shape index (κ1) is 17.1. The Balaban J connectivity index is 1.81. The van der Waals surface area contributed by atoms with Crippen molar-refractivity contribution in [1.29, 1.82) is 0 Å². The van der Waals surface area contributed by atoms with E-state index in [-0.39, 0.29) is 11.9 Å². The van der Waals surface area contributed by atoms with Gasteiger partial charge < -0.3 is 5.32 Å². The highest BCUT2D eigenvalue weighted by atomic mass is 19.4. The summed E-state index contributed by atoms with van der Waals surface area (Å²) in [5.41, 5.74) is -0.0579. The molecule has 1 N–H and O–H groups in total. The molecule has 0 radical (unpaired) electrons. The van der Waals surface area contributed by atoms with Crippen LogP contribution in [0, 0.1) is 0 Å². The zero-order valence-electron chi connectivity index (χ0n) is 12.7. The number of aryl methyl sites for hydroxylation is 1. The maximum atomic E-state index is 12.5. The Morgan fingerprint density at radius 1 is 1.30 bits per heavy atom. The number of nitrogens with one attached hydrogen (secondary N) is 1. The number of amides is 1. The summed E-state index contributed by atoms with van der Waals surface area (Å²) in [4.78, 5) is 11.9. The quantitative estimate of drug-likeness (QED) is 0.883. The smallest absolute Gasteiger partial charge is 0.350 e. The second kappa shape index (κ2) is 7.30. The molecule has 4 nitrogen and oxygen atoms in total. The fourth-order valence-electron chi connectivity index (χ4n) is 2.19. The molecule has 0 unspecified atom stereocenters. The maximum Gasteiger partial charge on any atom is 0.416 e. The Bertz CT molecular complexity index is 621. The van der Waals surface area contributed by atoms with Gasteiger partial charge in [0.1, 0.15) is 0 Å². The van der Waals surface area contributed by atoms with Crippen molar-refractivity contribution < 1.29 is 18.0 Å². The highest BCUT2D eigenvalue weighted by Crippen LogP contribution is 2.29. The van der Waals surface area contributed by atoms with Crippen LogP contribution in [0.25, 0.3) is 0 Å². The zero-order valence-corrected chi connectivity index (χ0v) is 12.7. The third kappa shape index (κ3) is 5.12. The number of rotatable bonds is 6. The molecule has 0 saturated heterocycles. The lowest BCUT2D eigenvalue weighted by atomic mass is 10.1. The van der Waals surface area contributed by atoms with E-state index in [1.54, 1.807) is 17.8 Å². The predicted molar refractivity (Wildman–Crippen MR) is 79.5 cm³/mol. The lowest BCUT2D eigenvalue weighted by molar-refractivity contribution is -0.137. The van der Waals surface area contributed by atoms with Crippen molar-refractivity contribution in [3.8, 4) is 0 Å². The normalized spacial score (nSPS) is 12.9. The van der Waals surface area contributed by atoms with Crippen molar-refractivity contribution in [2.45, 2.75) is 38.5 Å². The van der Waals surface area contributed by atoms with E-state index >= 15 is 0 Å². The van der Waals surface area contributed by atoms with Crippen LogP contribution in [-0.2, 0) is 17.5 Å². The molecule has 0 fully saturated rings. The number of carbonyl (C=O) groups excluding carboxylic acids is 1. The van der Waals surface area contributed by atoms with Crippen LogP contribution in [0.3, 0.4) is 0 Å². The molecule has 2 rings (SSSR count). The van der Waals surface area contributed by atoms with Gasteiger partial charge in [-0.3, -0.25) is 9.48 Å². The fourth-order valence-corrected chi connectivity index (χ4v) is 2.19. The van der Waals surface area contributed by atoms with Gasteiger partial charge in [0.2, 0.25) is 5.91 Å². The Kier molecular flexibility index (Phi) is 5.41. The Labute approximate surface area is 132 Å². The van der Waals surface area contributed by atoms with Crippen molar-refractivity contribution in [3.05, 3.63) is 53.9 Å². The van der Waals surface area contributed by atoms with Gasteiger partial charge in [-0.05, 0) is 37.1 Å². The number of aromatic nitrogens is 2. The third-order valence-corrected chi connectivity index (χ3v) is 3.47. The summed E-state index contributed by atoms with van der Waals surface area (Å²) >= 11 is 0. The molecule has 1 amide bonds. The molecule has 1 heterocycles. The van der Waals surface area contributed by atoms with Crippen LogP contribution in [0.15, 0.2) is 42.7 Å². The van der Waals surface area contributed by atoms with E-state index in [1.165, 1.54) is 12.1 Å². The number of hydrogen-bond donors (Lipinski definition) is 1. The van der Waals surface area contributed by atoms with Crippen LogP contribution in [0.4, 0.5) is 13.2 Å². The van der Waals surface area contributed by atoms with Crippen molar-refractivity contribution in [1.82, 2.24) is 15.1 Å². The van der Waals surface area contributed by atoms with E-state index in [0.29, 0.717) is 24.9 Å². The molecule has 124 valence electrons. The monoisotopic (exact) mass is 325 g/mol. The summed E-state index contributed by atoms with van der Waals surface area (Å²) in [5, 5.41) is 6.83. The first-order chi connectivity index (χ1) is 10.9. The minimum atomic E-state index is -4.35. The summed E-state index contributed by atoms with van der Waals surface area (Å²) < 4.78 is 39.3. The topological polar surface area (TPSA) is 46.9 Å². The van der Waals surface area contributed by atoms with E-state index in [2.05, 4.69) is 10.4 Å². The summed E-state index contributed by atoms with van der Waals surface area (Å²) in [6.45, 7) is 2.39. The average Bonchev–Trinajstić information content (AvgIpc) is 2.99. The van der Waals surface area contributed by atoms with Gasteiger partial charge in [0, 0.05) is 25.4 Å². The van der Waals surface area contributed by atoms with Crippen molar-refractivity contribution >= 4 is 5.91 Å². The predicted octanol–water partition coefficient (Wildman–Crippen LogP) is 3.56. The van der Waals surface area contributed by atoms with Gasteiger partial charge >= 0.3 is 6.18 Å². The van der Waals surface area contributed by atoms with Gasteiger partial charge in [0.15, 0.2) is 0 Å². The standard InChI is InChI=1S/C16H18F3N3O/c1-12(13-5-7-14(8-6-13)16(17,18)19)21-15(23)4-2-10-22-11-3-9-20-22/h3,5-9,11-12H,2,4,10H2,1H3,(H,21,23)/t12-/m1/s1. The molecule has 0 bridgehead atoms. The number of halogens is 3. The Hall–Kier alpha value is -2.31. The SMILES string of the molecule is C[C@@H](NC(=O)CCCn1cccn1)c1ccc(C(F)(F)F)cc1. The second-order valence-electron chi connectivity index (χ2n) is 5.28. The molecule has 0 aliphatic rings. The number of nitrogens with zero attached hydrogens (tertiary/aromatic N) is 2. The summed E-state index contributed by atoms with van der Waals surface area (Å²) in [6, 6.07) is 6.29. The van der Waals surface area contributed by atoms with Gasteiger partial charge in [-0.15, -0.1) is 0 Å². The Morgan fingerprint density at radius 2 is 2.00 bits per heavy atom. The average molecular weight is 325 g/mol. The van der Waals surface area contributed by atoms with E-state index in [0.717, 1.165) is 12.1 Å². The van der Waals surface area contributed by atoms with Crippen LogP contribution in [-0.4, -0.2) is 15.7 Å². The lowest BCUT2D eigenvalue weighted by Crippen LogP contribution is -2.26. The number of carbonyl (C=O) groups is 1. The third-order valence-electron chi connectivity index (χ3n) is 3.47. The number of alkyl halides is 3. The van der Waals surface area contributed by atoms with Crippen LogP contribution in [0.2, 0.25) is 0 Å². The molecule has 2 aromatic rings. The maximum absolute atomic E-state index is 12.5. The molecule has 7 heteroatoms. The van der Waals surface area contributed by atoms with Crippen LogP contribution in [0.1, 0.15) is 36.9 Å². The van der Waals surface area contributed by atoms with Crippen LogP contribution >= 0.6 is 0 Å². The van der Waals surface area contributed by atoms with Crippen LogP contribution < -0.4 is 5.32 Å². The minimum absolute atomic E-state index is 0.135. The van der Waals surface area contributed by atoms with E-state index in [9.17, 15) is 18.0 Å². The molecule has 0 saturated carbocycles. The Morgan fingerprint density at radius 3 is 2.57 bits per heavy atom. The fraction of sp³-hybridized carbons (Fsp3) is 0.375. The molecular formula is C16H18F3N3O. The molecule has 0 spiro atoms. The molecule has 0 aliphatic heterocycles. The molecule has 1 atom stereocenters. The largest absolute Gasteiger partial charge is 0.416 e. The summed E-state index contributed by atoms with van der Waals surface area (Å²) in [6.07, 6.45) is 0.130. The highest BCUT2D eigenvalue weighted by molar-refractivity contribution is 5.76. The molecule has 1 aromatic heterocycles. The molecule has 1 aromatic carbocycles. The van der Waals surface area contributed by atoms with E-state index in [1.807, 2.05) is 12.3 Å². The number of benzene rings is 1. The van der Waals surface area contributed by atoms with E-state index < -0.39 is 11.7 Å². The first-order valence-electron chi connectivity index (χ1n) is 7.30. The van der Waals surface area contributed by atoms with Crippen molar-refractivity contribution in [2.75, 3.05) is 0 Å². The van der Waals surface area contributed by atoms with Gasteiger partial charge in [-0.25, -0.2) is 0 Å². The van der Waals surface area contributed by atoms with Crippen molar-refractivity contribution in [2.24, 2.45) is 0 Å². The van der Waals surface area contributed by atoms with Gasteiger partial charge in [0.25, 0.3) is 0 Å².